The Bertz CT molecular complexity index is 629. The Hall–Kier alpha value is -2.87. The molecule has 13 nitrogen and oxygen atoms in total. The van der Waals surface area contributed by atoms with Crippen LogP contribution in [-0.2, 0) is 28.8 Å². The van der Waals surface area contributed by atoms with Gasteiger partial charge in [0.05, 0.1) is 12.5 Å². The number of carbonyl (C=O) groups excluding carboxylic acids is 5. The van der Waals surface area contributed by atoms with Crippen molar-refractivity contribution in [2.45, 2.75) is 37.4 Å². The summed E-state index contributed by atoms with van der Waals surface area (Å²) >= 11 is 3.91. The molecule has 0 rings (SSSR count). The van der Waals surface area contributed by atoms with Crippen LogP contribution in [0.3, 0.4) is 0 Å². The van der Waals surface area contributed by atoms with Crippen molar-refractivity contribution in [3.05, 3.63) is 0 Å². The maximum atomic E-state index is 12.4. The van der Waals surface area contributed by atoms with Crippen LogP contribution in [-0.4, -0.2) is 71.0 Å². The van der Waals surface area contributed by atoms with E-state index in [4.69, 9.17) is 22.3 Å². The first kappa shape index (κ1) is 25.1. The monoisotopic (exact) mass is 420 g/mol. The Morgan fingerprint density at radius 3 is 1.93 bits per heavy atom. The van der Waals surface area contributed by atoms with Crippen molar-refractivity contribution in [3.8, 4) is 0 Å². The summed E-state index contributed by atoms with van der Waals surface area (Å²) in [6.45, 7) is -0.664. The molecule has 0 aliphatic heterocycles. The number of rotatable bonds is 13. The van der Waals surface area contributed by atoms with Crippen molar-refractivity contribution in [1.82, 2.24) is 16.0 Å². The van der Waals surface area contributed by atoms with Crippen molar-refractivity contribution < 1.29 is 33.9 Å². The number of carbonyl (C=O) groups is 6. The van der Waals surface area contributed by atoms with Crippen molar-refractivity contribution >= 4 is 48.1 Å². The lowest BCUT2D eigenvalue weighted by Gasteiger charge is -2.23. The Balaban J connectivity index is 5.09. The molecule has 0 saturated heterocycles. The van der Waals surface area contributed by atoms with Gasteiger partial charge in [0.1, 0.15) is 18.6 Å². The fourth-order valence-electron chi connectivity index (χ4n) is 1.90. The lowest BCUT2D eigenvalue weighted by Crippen LogP contribution is -2.57. The number of amides is 5. The fourth-order valence-corrected chi connectivity index (χ4v) is 2.15. The summed E-state index contributed by atoms with van der Waals surface area (Å²) in [6.07, 6.45) is -0.931. The number of nitrogens with two attached hydrogens (primary N) is 3. The summed E-state index contributed by atoms with van der Waals surface area (Å²) in [5, 5.41) is 15.2. The molecule has 0 fully saturated rings. The average molecular weight is 420 g/mol. The van der Waals surface area contributed by atoms with Crippen molar-refractivity contribution in [3.63, 3.8) is 0 Å². The number of hydrogen-bond donors (Lipinski definition) is 8. The van der Waals surface area contributed by atoms with Crippen molar-refractivity contribution in [2.24, 2.45) is 17.2 Å². The molecule has 14 heteroatoms. The van der Waals surface area contributed by atoms with E-state index in [9.17, 15) is 28.8 Å². The molecule has 0 aromatic carbocycles. The fraction of sp³-hybridized carbons (Fsp3) is 0.571. The van der Waals surface area contributed by atoms with Gasteiger partial charge in [-0.25, -0.2) is 0 Å². The SMILES string of the molecule is NC(=O)CCC(NC(=O)C(N)CC(N)=O)C(=O)NC(CS)C(=O)NCC(=O)O. The second-order valence-electron chi connectivity index (χ2n) is 5.70. The molecule has 5 amide bonds. The van der Waals surface area contributed by atoms with Gasteiger partial charge in [0.25, 0.3) is 0 Å². The van der Waals surface area contributed by atoms with Gasteiger partial charge in [-0.15, -0.1) is 0 Å². The molecule has 0 saturated carbocycles. The van der Waals surface area contributed by atoms with E-state index >= 15 is 0 Å². The highest BCUT2D eigenvalue weighted by Crippen LogP contribution is 2.01. The number of primary amides is 2. The highest BCUT2D eigenvalue weighted by atomic mass is 32.1. The van der Waals surface area contributed by atoms with E-state index in [1.807, 2.05) is 0 Å². The van der Waals surface area contributed by atoms with Gasteiger partial charge in [-0.1, -0.05) is 0 Å². The summed E-state index contributed by atoms with van der Waals surface area (Å²) in [6, 6.07) is -3.82. The second kappa shape index (κ2) is 12.5. The molecular weight excluding hydrogens is 396 g/mol. The molecule has 0 radical (unpaired) electrons. The quantitative estimate of drug-likeness (QED) is 0.135. The third kappa shape index (κ3) is 10.3. The smallest absolute Gasteiger partial charge is 0.322 e. The molecular formula is C14H24N6O7S. The van der Waals surface area contributed by atoms with Gasteiger partial charge < -0.3 is 38.3 Å². The van der Waals surface area contributed by atoms with Gasteiger partial charge in [0.2, 0.25) is 29.5 Å². The maximum Gasteiger partial charge on any atom is 0.322 e. The molecule has 3 unspecified atom stereocenters. The molecule has 0 aliphatic carbocycles. The second-order valence-corrected chi connectivity index (χ2v) is 6.06. The summed E-state index contributed by atoms with van der Waals surface area (Å²) in [4.78, 5) is 68.6. The van der Waals surface area contributed by atoms with E-state index in [1.165, 1.54) is 0 Å². The van der Waals surface area contributed by atoms with Crippen LogP contribution in [0, 0.1) is 0 Å². The van der Waals surface area contributed by atoms with E-state index in [-0.39, 0.29) is 18.6 Å². The van der Waals surface area contributed by atoms with Crippen LogP contribution in [0.4, 0.5) is 0 Å². The van der Waals surface area contributed by atoms with Crippen LogP contribution in [0.25, 0.3) is 0 Å². The minimum Gasteiger partial charge on any atom is -0.480 e. The zero-order valence-corrected chi connectivity index (χ0v) is 15.7. The number of carboxylic acid groups (broad SMARTS) is 1. The predicted octanol–water partition coefficient (Wildman–Crippen LogP) is -4.45. The van der Waals surface area contributed by atoms with Crippen LogP contribution in [0.2, 0.25) is 0 Å². The molecule has 0 spiro atoms. The predicted molar refractivity (Wildman–Crippen MR) is 98.6 cm³/mol. The molecule has 0 aromatic rings. The number of nitrogens with one attached hydrogen (secondary N) is 3. The van der Waals surface area contributed by atoms with Gasteiger partial charge in [-0.3, -0.25) is 28.8 Å². The van der Waals surface area contributed by atoms with Crippen molar-refractivity contribution in [1.29, 1.82) is 0 Å². The third-order valence-electron chi connectivity index (χ3n) is 3.30. The van der Waals surface area contributed by atoms with E-state index in [0.29, 0.717) is 0 Å². The topological polar surface area (TPSA) is 237 Å². The molecule has 0 aliphatic rings. The lowest BCUT2D eigenvalue weighted by molar-refractivity contribution is -0.138. The Morgan fingerprint density at radius 1 is 0.893 bits per heavy atom. The Labute approximate surface area is 165 Å². The van der Waals surface area contributed by atoms with Gasteiger partial charge in [-0.05, 0) is 6.42 Å². The van der Waals surface area contributed by atoms with E-state index in [0.717, 1.165) is 0 Å². The minimum atomic E-state index is -1.32. The third-order valence-corrected chi connectivity index (χ3v) is 3.66. The minimum absolute atomic E-state index is 0.172. The molecule has 0 bridgehead atoms. The molecule has 0 aromatic heterocycles. The zero-order valence-electron chi connectivity index (χ0n) is 14.8. The number of thiol groups is 1. The van der Waals surface area contributed by atoms with Gasteiger partial charge in [-0.2, -0.15) is 12.6 Å². The zero-order chi connectivity index (χ0) is 21.9. The number of hydrogen-bond acceptors (Lipinski definition) is 8. The highest BCUT2D eigenvalue weighted by molar-refractivity contribution is 7.80. The van der Waals surface area contributed by atoms with Crippen LogP contribution in [0.5, 0.6) is 0 Å². The summed E-state index contributed by atoms with van der Waals surface area (Å²) in [5.74, 6) is -5.56. The van der Waals surface area contributed by atoms with Gasteiger partial charge >= 0.3 is 5.97 Å². The van der Waals surface area contributed by atoms with Crippen LogP contribution < -0.4 is 33.2 Å². The first-order valence-corrected chi connectivity index (χ1v) is 8.64. The molecule has 10 N–H and O–H groups in total. The van der Waals surface area contributed by atoms with Crippen molar-refractivity contribution in [2.75, 3.05) is 12.3 Å². The first-order chi connectivity index (χ1) is 13.0. The first-order valence-electron chi connectivity index (χ1n) is 8.01. The van der Waals surface area contributed by atoms with Crippen LogP contribution in [0.15, 0.2) is 0 Å². The van der Waals surface area contributed by atoms with Gasteiger partial charge in [0.15, 0.2) is 0 Å². The lowest BCUT2D eigenvalue weighted by atomic mass is 10.1. The maximum absolute atomic E-state index is 12.4. The molecule has 28 heavy (non-hydrogen) atoms. The summed E-state index contributed by atoms with van der Waals surface area (Å²) in [5.41, 5.74) is 15.5. The summed E-state index contributed by atoms with van der Waals surface area (Å²) < 4.78 is 0. The standard InChI is InChI=1S/C14H24N6O7S/c15-6(3-10(17)22)12(25)19-7(1-2-9(16)21)14(27)20-8(5-28)13(26)18-4-11(23)24/h6-8,28H,1-5,15H2,(H2,16,21)(H2,17,22)(H,18,26)(H,19,25)(H,20,27)(H,23,24). The normalized spacial score (nSPS) is 13.5. The molecule has 158 valence electrons. The Morgan fingerprint density at radius 2 is 1.46 bits per heavy atom. The van der Waals surface area contributed by atoms with E-state index in [2.05, 4.69) is 28.6 Å². The van der Waals surface area contributed by atoms with Crippen LogP contribution >= 0.6 is 12.6 Å². The molecule has 0 heterocycles. The van der Waals surface area contributed by atoms with Gasteiger partial charge in [0, 0.05) is 12.2 Å². The summed E-state index contributed by atoms with van der Waals surface area (Å²) in [7, 11) is 0. The number of aliphatic carboxylic acids is 1. The number of carboxylic acids is 1. The Kier molecular flexibility index (Phi) is 11.2. The average Bonchev–Trinajstić information content (AvgIpc) is 2.59. The van der Waals surface area contributed by atoms with Crippen LogP contribution in [0.1, 0.15) is 19.3 Å². The highest BCUT2D eigenvalue weighted by Gasteiger charge is 2.28. The van der Waals surface area contributed by atoms with E-state index in [1.54, 1.807) is 0 Å². The molecule has 3 atom stereocenters. The van der Waals surface area contributed by atoms with E-state index < -0.39 is 66.6 Å². The largest absolute Gasteiger partial charge is 0.480 e.